The number of aromatic nitrogens is 1. The maximum absolute atomic E-state index is 13.7. The summed E-state index contributed by atoms with van der Waals surface area (Å²) in [5, 5.41) is 10.8. The van der Waals surface area contributed by atoms with E-state index in [2.05, 4.69) is 67.9 Å². The molecule has 0 saturated carbocycles. The molecule has 1 fully saturated rings. The van der Waals surface area contributed by atoms with Crippen molar-refractivity contribution in [1.29, 1.82) is 0 Å². The standard InChI is InChI=1S/C39H39N5O2/c1-26(28-9-5-3-6-10-28)40-38(45)31-13-17-34-33(24-31)36(39(46)42-34)37(30-14-18-35-29(23-30)19-22-43(35)2)41-32-15-11-27(12-16-32)25-44-20-7-4-8-21-44/h3,5-6,9-19,22-24,26,41H,4,7-8,20-21,25H2,1-2H3,(H,40,45)(H,42,46)/t26-/m1/s1. The van der Waals surface area contributed by atoms with E-state index in [9.17, 15) is 9.59 Å². The molecule has 2 amide bonds. The molecule has 0 spiro atoms. The minimum absolute atomic E-state index is 0.163. The van der Waals surface area contributed by atoms with Crippen molar-refractivity contribution in [3.63, 3.8) is 0 Å². The van der Waals surface area contributed by atoms with E-state index in [1.54, 1.807) is 6.07 Å². The molecule has 0 bridgehead atoms. The van der Waals surface area contributed by atoms with Gasteiger partial charge in [0.1, 0.15) is 0 Å². The van der Waals surface area contributed by atoms with Gasteiger partial charge in [0.05, 0.1) is 17.3 Å². The fraction of sp³-hybridized carbons (Fsp3) is 0.231. The summed E-state index contributed by atoms with van der Waals surface area (Å²) in [6.07, 6.45) is 5.89. The number of piperidine rings is 1. The Morgan fingerprint density at radius 2 is 1.63 bits per heavy atom. The van der Waals surface area contributed by atoms with Crippen LogP contribution in [0.1, 0.15) is 64.8 Å². The number of hydrogen-bond acceptors (Lipinski definition) is 4. The van der Waals surface area contributed by atoms with E-state index in [0.29, 0.717) is 28.1 Å². The average molecular weight is 610 g/mol. The number of likely N-dealkylation sites (tertiary alicyclic amines) is 1. The van der Waals surface area contributed by atoms with Gasteiger partial charge in [0, 0.05) is 53.2 Å². The molecule has 0 unspecified atom stereocenters. The quantitative estimate of drug-likeness (QED) is 0.159. The number of hydrogen-bond donors (Lipinski definition) is 3. The Hall–Kier alpha value is -5.14. The van der Waals surface area contributed by atoms with Crippen LogP contribution in [0.3, 0.4) is 0 Å². The first-order valence-corrected chi connectivity index (χ1v) is 16.1. The van der Waals surface area contributed by atoms with Crippen molar-refractivity contribution in [2.75, 3.05) is 23.7 Å². The third-order valence-electron chi connectivity index (χ3n) is 9.18. The first-order chi connectivity index (χ1) is 22.4. The molecule has 3 heterocycles. The molecule has 1 atom stereocenters. The molecule has 4 aromatic carbocycles. The molecule has 232 valence electrons. The Labute approximate surface area is 269 Å². The Morgan fingerprint density at radius 1 is 0.870 bits per heavy atom. The topological polar surface area (TPSA) is 78.4 Å². The summed E-state index contributed by atoms with van der Waals surface area (Å²) >= 11 is 0. The zero-order valence-corrected chi connectivity index (χ0v) is 26.3. The second-order valence-corrected chi connectivity index (χ2v) is 12.4. The van der Waals surface area contributed by atoms with Gasteiger partial charge in [-0.15, -0.1) is 0 Å². The largest absolute Gasteiger partial charge is 0.354 e. The molecule has 1 saturated heterocycles. The van der Waals surface area contributed by atoms with Crippen LogP contribution in [0, 0.1) is 0 Å². The number of aryl methyl sites for hydroxylation is 1. The fourth-order valence-corrected chi connectivity index (χ4v) is 6.59. The molecule has 0 radical (unpaired) electrons. The van der Waals surface area contributed by atoms with Crippen molar-refractivity contribution >= 4 is 45.4 Å². The predicted molar refractivity (Wildman–Crippen MR) is 186 cm³/mol. The molecule has 7 heteroatoms. The average Bonchev–Trinajstić information content (AvgIpc) is 3.62. The van der Waals surface area contributed by atoms with Crippen LogP contribution >= 0.6 is 0 Å². The summed E-state index contributed by atoms with van der Waals surface area (Å²) in [7, 11) is 2.02. The molecule has 7 rings (SSSR count). The van der Waals surface area contributed by atoms with Gasteiger partial charge in [-0.3, -0.25) is 14.5 Å². The first kappa shape index (κ1) is 29.6. The lowest BCUT2D eigenvalue weighted by Gasteiger charge is -2.26. The minimum atomic E-state index is -0.206. The summed E-state index contributed by atoms with van der Waals surface area (Å²) < 4.78 is 2.08. The number of rotatable bonds is 8. The molecule has 2 aliphatic rings. The smallest absolute Gasteiger partial charge is 0.258 e. The molecular formula is C39H39N5O2. The lowest BCUT2D eigenvalue weighted by atomic mass is 9.97. The van der Waals surface area contributed by atoms with Gasteiger partial charge in [-0.25, -0.2) is 0 Å². The van der Waals surface area contributed by atoms with E-state index in [0.717, 1.165) is 47.4 Å². The van der Waals surface area contributed by atoms with Crippen LogP contribution in [0.25, 0.3) is 22.2 Å². The van der Waals surface area contributed by atoms with E-state index in [4.69, 9.17) is 0 Å². The lowest BCUT2D eigenvalue weighted by Crippen LogP contribution is -2.29. The summed E-state index contributed by atoms with van der Waals surface area (Å²) in [6.45, 7) is 5.22. The summed E-state index contributed by atoms with van der Waals surface area (Å²) in [5.41, 5.74) is 8.28. The van der Waals surface area contributed by atoms with Gasteiger partial charge in [-0.2, -0.15) is 0 Å². The van der Waals surface area contributed by atoms with Crippen LogP contribution in [0.5, 0.6) is 0 Å². The van der Waals surface area contributed by atoms with E-state index >= 15 is 0 Å². The Morgan fingerprint density at radius 3 is 2.41 bits per heavy atom. The van der Waals surface area contributed by atoms with Crippen molar-refractivity contribution in [3.05, 3.63) is 131 Å². The molecule has 3 N–H and O–H groups in total. The van der Waals surface area contributed by atoms with Crippen LogP contribution in [0.4, 0.5) is 11.4 Å². The zero-order chi connectivity index (χ0) is 31.6. The van der Waals surface area contributed by atoms with Crippen molar-refractivity contribution < 1.29 is 9.59 Å². The van der Waals surface area contributed by atoms with E-state index in [1.165, 1.54) is 24.8 Å². The summed E-state index contributed by atoms with van der Waals surface area (Å²) in [5.74, 6) is -0.398. The Kier molecular flexibility index (Phi) is 8.16. The van der Waals surface area contributed by atoms with Crippen LogP contribution in [-0.2, 0) is 18.4 Å². The van der Waals surface area contributed by atoms with E-state index in [1.807, 2.05) is 68.7 Å². The molecule has 1 aromatic heterocycles. The predicted octanol–water partition coefficient (Wildman–Crippen LogP) is 7.59. The highest BCUT2D eigenvalue weighted by molar-refractivity contribution is 6.37. The van der Waals surface area contributed by atoms with Crippen molar-refractivity contribution in [3.8, 4) is 0 Å². The number of amides is 2. The lowest BCUT2D eigenvalue weighted by molar-refractivity contribution is -0.110. The van der Waals surface area contributed by atoms with Crippen LogP contribution in [-0.4, -0.2) is 34.4 Å². The Bertz CT molecular complexity index is 1930. The van der Waals surface area contributed by atoms with Crippen LogP contribution in [0.15, 0.2) is 103 Å². The monoisotopic (exact) mass is 609 g/mol. The van der Waals surface area contributed by atoms with Gasteiger partial charge in [0.25, 0.3) is 11.8 Å². The van der Waals surface area contributed by atoms with Crippen LogP contribution < -0.4 is 16.0 Å². The molecule has 7 nitrogen and oxygen atoms in total. The summed E-state index contributed by atoms with van der Waals surface area (Å²) in [6, 6.07) is 31.9. The van der Waals surface area contributed by atoms with Gasteiger partial charge < -0.3 is 20.5 Å². The molecular weight excluding hydrogens is 570 g/mol. The molecule has 0 aliphatic carbocycles. The van der Waals surface area contributed by atoms with Gasteiger partial charge >= 0.3 is 0 Å². The minimum Gasteiger partial charge on any atom is -0.354 e. The van der Waals surface area contributed by atoms with Gasteiger partial charge in [-0.1, -0.05) is 55.0 Å². The number of fused-ring (bicyclic) bond motifs is 2. The number of carbonyl (C=O) groups excluding carboxylic acids is 2. The second kappa shape index (κ2) is 12.7. The third-order valence-corrected chi connectivity index (χ3v) is 9.18. The van der Waals surface area contributed by atoms with E-state index in [-0.39, 0.29) is 17.9 Å². The number of anilines is 2. The normalized spacial score (nSPS) is 16.5. The molecule has 46 heavy (non-hydrogen) atoms. The summed E-state index contributed by atoms with van der Waals surface area (Å²) in [4.78, 5) is 29.6. The SMILES string of the molecule is C[C@@H](NC(=O)c1ccc2c(c1)C(=C(Nc1ccc(CN3CCCCC3)cc1)c1ccc3c(ccn3C)c1)C(=O)N2)c1ccccc1. The Balaban J connectivity index is 1.25. The highest BCUT2D eigenvalue weighted by atomic mass is 16.2. The van der Waals surface area contributed by atoms with Gasteiger partial charge in [0.2, 0.25) is 0 Å². The van der Waals surface area contributed by atoms with Crippen molar-refractivity contribution in [2.24, 2.45) is 7.05 Å². The molecule has 2 aliphatic heterocycles. The first-order valence-electron chi connectivity index (χ1n) is 16.1. The van der Waals surface area contributed by atoms with Crippen molar-refractivity contribution in [1.82, 2.24) is 14.8 Å². The number of nitrogens with zero attached hydrogens (tertiary/aromatic N) is 2. The van der Waals surface area contributed by atoms with Crippen LogP contribution in [0.2, 0.25) is 0 Å². The van der Waals surface area contributed by atoms with Gasteiger partial charge in [-0.05, 0) is 98.1 Å². The maximum atomic E-state index is 13.7. The second-order valence-electron chi connectivity index (χ2n) is 12.4. The number of carbonyl (C=O) groups is 2. The van der Waals surface area contributed by atoms with Gasteiger partial charge in [0.15, 0.2) is 0 Å². The maximum Gasteiger partial charge on any atom is 0.258 e. The number of benzene rings is 4. The highest BCUT2D eigenvalue weighted by Gasteiger charge is 2.30. The number of nitrogens with one attached hydrogen (secondary N) is 3. The molecule has 5 aromatic rings. The zero-order valence-electron chi connectivity index (χ0n) is 26.3. The van der Waals surface area contributed by atoms with Crippen molar-refractivity contribution in [2.45, 2.75) is 38.8 Å². The fourth-order valence-electron chi connectivity index (χ4n) is 6.59. The highest BCUT2D eigenvalue weighted by Crippen LogP contribution is 2.39. The third kappa shape index (κ3) is 6.06. The van der Waals surface area contributed by atoms with E-state index < -0.39 is 0 Å².